The zero-order valence-corrected chi connectivity index (χ0v) is 9.18. The lowest BCUT2D eigenvalue weighted by molar-refractivity contribution is -0.147. The van der Waals surface area contributed by atoms with Crippen molar-refractivity contribution >= 4 is 10.1 Å². The van der Waals surface area contributed by atoms with Gasteiger partial charge in [-0.05, 0) is 0 Å². The van der Waals surface area contributed by atoms with E-state index in [-0.39, 0.29) is 0 Å². The van der Waals surface area contributed by atoms with E-state index in [1.807, 2.05) is 0 Å². The number of rotatable bonds is 4. The molecule has 1 aliphatic heterocycles. The smallest absolute Gasteiger partial charge is 0.264 e. The summed E-state index contributed by atoms with van der Waals surface area (Å²) >= 11 is 0. The first-order chi connectivity index (χ1) is 6.89. The predicted octanol–water partition coefficient (Wildman–Crippen LogP) is -1.94. The summed E-state index contributed by atoms with van der Waals surface area (Å²) in [4.78, 5) is 0. The van der Waals surface area contributed by atoms with Crippen LogP contribution in [0.5, 0.6) is 0 Å². The van der Waals surface area contributed by atoms with Crippen LogP contribution in [0, 0.1) is 0 Å². The van der Waals surface area contributed by atoms with E-state index >= 15 is 0 Å². The van der Waals surface area contributed by atoms with Gasteiger partial charge < -0.3 is 19.7 Å². The maximum atomic E-state index is 10.9. The second-order valence-corrected chi connectivity index (χ2v) is 4.82. The van der Waals surface area contributed by atoms with E-state index in [1.165, 1.54) is 7.11 Å². The summed E-state index contributed by atoms with van der Waals surface area (Å²) in [5, 5.41) is 18.4. The molecular formula is C7H14O7S. The van der Waals surface area contributed by atoms with Gasteiger partial charge in [0, 0.05) is 7.11 Å². The molecule has 1 unspecified atom stereocenters. The molecule has 0 spiro atoms. The number of methoxy groups -OCH3 is 1. The molecule has 0 radical (unpaired) electrons. The predicted molar refractivity (Wildman–Crippen MR) is 48.5 cm³/mol. The second-order valence-electron chi connectivity index (χ2n) is 3.22. The van der Waals surface area contributed by atoms with E-state index in [9.17, 15) is 13.5 Å². The molecule has 0 aliphatic carbocycles. The van der Waals surface area contributed by atoms with Crippen LogP contribution in [0.4, 0.5) is 0 Å². The third-order valence-electron chi connectivity index (χ3n) is 1.99. The number of hydrogen-bond acceptors (Lipinski definition) is 7. The van der Waals surface area contributed by atoms with Gasteiger partial charge in [-0.1, -0.05) is 0 Å². The quantitative estimate of drug-likeness (QED) is 0.553. The lowest BCUT2D eigenvalue weighted by Crippen LogP contribution is -2.38. The van der Waals surface area contributed by atoms with Crippen LogP contribution in [0.3, 0.4) is 0 Å². The van der Waals surface area contributed by atoms with Gasteiger partial charge in [-0.25, -0.2) is 0 Å². The summed E-state index contributed by atoms with van der Waals surface area (Å²) in [5.74, 6) is 0. The second kappa shape index (κ2) is 4.73. The Morgan fingerprint density at radius 2 is 2.07 bits per heavy atom. The fourth-order valence-electron chi connectivity index (χ4n) is 1.35. The summed E-state index contributed by atoms with van der Waals surface area (Å²) in [6, 6.07) is 0. The molecule has 0 amide bonds. The molecule has 4 atom stereocenters. The van der Waals surface area contributed by atoms with Gasteiger partial charge >= 0.3 is 0 Å². The van der Waals surface area contributed by atoms with Crippen LogP contribution in [0.25, 0.3) is 0 Å². The van der Waals surface area contributed by atoms with Gasteiger partial charge in [0.05, 0.1) is 12.9 Å². The minimum absolute atomic E-state index is 0.440. The van der Waals surface area contributed by atoms with Crippen molar-refractivity contribution in [2.75, 3.05) is 20.0 Å². The van der Waals surface area contributed by atoms with Crippen molar-refractivity contribution < 1.29 is 32.3 Å². The normalized spacial score (nSPS) is 37.1. The van der Waals surface area contributed by atoms with Crippen LogP contribution in [0.1, 0.15) is 0 Å². The van der Waals surface area contributed by atoms with E-state index in [1.54, 1.807) is 0 Å². The number of ether oxygens (including phenoxy) is 2. The zero-order chi connectivity index (χ0) is 11.6. The molecule has 0 aromatic carbocycles. The SMILES string of the molecule is COC1O[C@@H](CO)[C@@H](O)[C@@H]1OS(C)(=O)=O. The Labute approximate surface area is 87.7 Å². The molecule has 7 nitrogen and oxygen atoms in total. The Hall–Kier alpha value is -0.250. The van der Waals surface area contributed by atoms with Crippen molar-refractivity contribution in [2.24, 2.45) is 0 Å². The molecule has 1 rings (SSSR count). The Morgan fingerprint density at radius 3 is 2.47 bits per heavy atom. The van der Waals surface area contributed by atoms with Crippen molar-refractivity contribution in [3.05, 3.63) is 0 Å². The molecule has 0 aromatic heterocycles. The van der Waals surface area contributed by atoms with Crippen molar-refractivity contribution in [3.8, 4) is 0 Å². The third kappa shape index (κ3) is 3.10. The average Bonchev–Trinajstić information content (AvgIpc) is 2.42. The minimum Gasteiger partial charge on any atom is -0.394 e. The van der Waals surface area contributed by atoms with E-state index in [2.05, 4.69) is 4.18 Å². The van der Waals surface area contributed by atoms with Crippen LogP contribution in [0.15, 0.2) is 0 Å². The van der Waals surface area contributed by atoms with Gasteiger partial charge in [0.2, 0.25) is 0 Å². The molecular weight excluding hydrogens is 228 g/mol. The van der Waals surface area contributed by atoms with Crippen LogP contribution in [-0.2, 0) is 23.8 Å². The van der Waals surface area contributed by atoms with Gasteiger partial charge in [0.25, 0.3) is 10.1 Å². The highest BCUT2D eigenvalue weighted by molar-refractivity contribution is 7.86. The van der Waals surface area contributed by atoms with Crippen LogP contribution in [-0.4, -0.2) is 63.2 Å². The van der Waals surface area contributed by atoms with E-state index in [0.29, 0.717) is 0 Å². The Balaban J connectivity index is 2.76. The summed E-state index contributed by atoms with van der Waals surface area (Å²) in [6.45, 7) is -0.440. The van der Waals surface area contributed by atoms with E-state index < -0.39 is 41.3 Å². The first-order valence-corrected chi connectivity index (χ1v) is 6.06. The molecule has 2 N–H and O–H groups in total. The van der Waals surface area contributed by atoms with Gasteiger partial charge in [0.1, 0.15) is 12.2 Å². The monoisotopic (exact) mass is 242 g/mol. The first kappa shape index (κ1) is 12.8. The largest absolute Gasteiger partial charge is 0.394 e. The summed E-state index contributed by atoms with van der Waals surface area (Å²) in [5.41, 5.74) is 0. The van der Waals surface area contributed by atoms with Crippen LogP contribution in [0.2, 0.25) is 0 Å². The molecule has 1 saturated heterocycles. The number of aliphatic hydroxyl groups excluding tert-OH is 2. The lowest BCUT2D eigenvalue weighted by Gasteiger charge is -2.17. The third-order valence-corrected chi connectivity index (χ3v) is 2.56. The lowest BCUT2D eigenvalue weighted by atomic mass is 10.1. The molecule has 90 valence electrons. The summed E-state index contributed by atoms with van der Waals surface area (Å²) in [6.07, 6.45) is -3.44. The summed E-state index contributed by atoms with van der Waals surface area (Å²) in [7, 11) is -2.43. The number of hydrogen-bond donors (Lipinski definition) is 2. The van der Waals surface area contributed by atoms with Crippen LogP contribution < -0.4 is 0 Å². The minimum atomic E-state index is -3.72. The molecule has 0 aromatic rings. The fourth-order valence-corrected chi connectivity index (χ4v) is 1.96. The standard InChI is InChI=1S/C7H14O7S/c1-12-7-6(14-15(2,10)11)5(9)4(3-8)13-7/h4-9H,3H2,1-2H3/t4-,5+,6-,7?/m0/s1. The van der Waals surface area contributed by atoms with Crippen molar-refractivity contribution in [3.63, 3.8) is 0 Å². The Bertz CT molecular complexity index is 298. The van der Waals surface area contributed by atoms with E-state index in [0.717, 1.165) is 6.26 Å². The topological polar surface area (TPSA) is 102 Å². The fraction of sp³-hybridized carbons (Fsp3) is 1.00. The van der Waals surface area contributed by atoms with E-state index in [4.69, 9.17) is 14.6 Å². The number of aliphatic hydroxyl groups is 2. The molecule has 0 saturated carbocycles. The molecule has 8 heteroatoms. The average molecular weight is 242 g/mol. The maximum absolute atomic E-state index is 10.9. The molecule has 1 aliphatic rings. The molecule has 1 fully saturated rings. The van der Waals surface area contributed by atoms with Gasteiger partial charge in [-0.15, -0.1) is 0 Å². The van der Waals surface area contributed by atoms with Gasteiger partial charge in [0.15, 0.2) is 12.4 Å². The van der Waals surface area contributed by atoms with Crippen molar-refractivity contribution in [1.82, 2.24) is 0 Å². The Morgan fingerprint density at radius 1 is 1.47 bits per heavy atom. The van der Waals surface area contributed by atoms with Gasteiger partial charge in [-0.2, -0.15) is 8.42 Å². The molecule has 1 heterocycles. The first-order valence-electron chi connectivity index (χ1n) is 4.24. The molecule has 15 heavy (non-hydrogen) atoms. The maximum Gasteiger partial charge on any atom is 0.264 e. The van der Waals surface area contributed by atoms with Gasteiger partial charge in [-0.3, -0.25) is 4.18 Å². The summed E-state index contributed by atoms with van der Waals surface area (Å²) < 4.78 is 36.2. The highest BCUT2D eigenvalue weighted by Crippen LogP contribution is 2.25. The zero-order valence-electron chi connectivity index (χ0n) is 8.36. The molecule has 0 bridgehead atoms. The van der Waals surface area contributed by atoms with Crippen molar-refractivity contribution in [1.29, 1.82) is 0 Å². The highest BCUT2D eigenvalue weighted by atomic mass is 32.2. The van der Waals surface area contributed by atoms with Crippen molar-refractivity contribution in [2.45, 2.75) is 24.6 Å². The van der Waals surface area contributed by atoms with Crippen LogP contribution >= 0.6 is 0 Å². The Kier molecular flexibility index (Phi) is 4.04. The highest BCUT2D eigenvalue weighted by Gasteiger charge is 2.46.